The molecule has 0 saturated heterocycles. The highest BCUT2D eigenvalue weighted by atomic mass is 16.1. The monoisotopic (exact) mass is 321 g/mol. The van der Waals surface area contributed by atoms with Gasteiger partial charge in [0.15, 0.2) is 0 Å². The van der Waals surface area contributed by atoms with E-state index in [1.54, 1.807) is 0 Å². The summed E-state index contributed by atoms with van der Waals surface area (Å²) in [5, 5.41) is 3.14. The zero-order valence-corrected chi connectivity index (χ0v) is 14.8. The van der Waals surface area contributed by atoms with Gasteiger partial charge in [0.25, 0.3) is 0 Å². The number of fused-ring (bicyclic) bond motifs is 1. The Bertz CT molecular complexity index is 702. The van der Waals surface area contributed by atoms with E-state index < -0.39 is 0 Å². The Morgan fingerprint density at radius 3 is 2.50 bits per heavy atom. The summed E-state index contributed by atoms with van der Waals surface area (Å²) in [6, 6.07) is 15.3. The summed E-state index contributed by atoms with van der Waals surface area (Å²) in [5.41, 5.74) is 6.73. The first-order valence-electron chi connectivity index (χ1n) is 9.14. The lowest BCUT2D eigenvalue weighted by Crippen LogP contribution is -2.26. The number of hydrogen-bond acceptors (Lipinski definition) is 1. The molecule has 0 unspecified atom stereocenters. The molecule has 0 aliphatic heterocycles. The molecule has 2 nitrogen and oxygen atoms in total. The first-order chi connectivity index (χ1) is 11.7. The molecule has 0 spiro atoms. The van der Waals surface area contributed by atoms with Crippen LogP contribution < -0.4 is 5.32 Å². The zero-order chi connectivity index (χ0) is 16.9. The van der Waals surface area contributed by atoms with Gasteiger partial charge in [0.1, 0.15) is 0 Å². The number of hydrogen-bond donors (Lipinski definition) is 1. The molecule has 1 aliphatic rings. The van der Waals surface area contributed by atoms with Crippen LogP contribution >= 0.6 is 0 Å². The third-order valence-corrected chi connectivity index (χ3v) is 5.07. The summed E-state index contributed by atoms with van der Waals surface area (Å²) >= 11 is 0. The molecule has 24 heavy (non-hydrogen) atoms. The van der Waals surface area contributed by atoms with Gasteiger partial charge in [-0.1, -0.05) is 49.4 Å². The lowest BCUT2D eigenvalue weighted by atomic mass is 10.0. The van der Waals surface area contributed by atoms with Crippen LogP contribution in [-0.4, -0.2) is 5.91 Å². The van der Waals surface area contributed by atoms with Crippen LogP contribution in [0.1, 0.15) is 60.5 Å². The molecular formula is C22H27NO. The van der Waals surface area contributed by atoms with Gasteiger partial charge >= 0.3 is 0 Å². The van der Waals surface area contributed by atoms with Crippen LogP contribution in [0.2, 0.25) is 0 Å². The van der Waals surface area contributed by atoms with Crippen LogP contribution in [0, 0.1) is 0 Å². The molecule has 2 aromatic carbocycles. The van der Waals surface area contributed by atoms with Gasteiger partial charge < -0.3 is 5.32 Å². The SMILES string of the molecule is CCc1ccc(CCC(=O)N[C@@H](C)c2ccc3c(c2)CCC3)cc1. The van der Waals surface area contributed by atoms with Gasteiger partial charge in [-0.05, 0) is 66.8 Å². The molecular weight excluding hydrogens is 294 g/mol. The average Bonchev–Trinajstić information content (AvgIpc) is 3.08. The number of carbonyl (C=O) groups is 1. The van der Waals surface area contributed by atoms with Crippen molar-refractivity contribution in [2.24, 2.45) is 0 Å². The predicted octanol–water partition coefficient (Wildman–Crippen LogP) is 4.55. The van der Waals surface area contributed by atoms with Gasteiger partial charge in [0.2, 0.25) is 5.91 Å². The summed E-state index contributed by atoms with van der Waals surface area (Å²) < 4.78 is 0. The second-order valence-electron chi connectivity index (χ2n) is 6.84. The highest BCUT2D eigenvalue weighted by Gasteiger charge is 2.14. The quantitative estimate of drug-likeness (QED) is 0.831. The van der Waals surface area contributed by atoms with E-state index in [0.29, 0.717) is 6.42 Å². The van der Waals surface area contributed by atoms with E-state index in [-0.39, 0.29) is 11.9 Å². The molecule has 1 atom stereocenters. The van der Waals surface area contributed by atoms with E-state index in [0.717, 1.165) is 12.8 Å². The van der Waals surface area contributed by atoms with Gasteiger partial charge in [0, 0.05) is 6.42 Å². The fourth-order valence-corrected chi connectivity index (χ4v) is 3.46. The number of amides is 1. The zero-order valence-electron chi connectivity index (χ0n) is 14.8. The van der Waals surface area contributed by atoms with Gasteiger partial charge in [0.05, 0.1) is 6.04 Å². The van der Waals surface area contributed by atoms with Crippen LogP contribution in [0.4, 0.5) is 0 Å². The van der Waals surface area contributed by atoms with Crippen LogP contribution in [-0.2, 0) is 30.5 Å². The predicted molar refractivity (Wildman–Crippen MR) is 99.2 cm³/mol. The smallest absolute Gasteiger partial charge is 0.220 e. The summed E-state index contributed by atoms with van der Waals surface area (Å²) in [7, 11) is 0. The Labute approximate surface area is 145 Å². The lowest BCUT2D eigenvalue weighted by Gasteiger charge is -2.16. The Morgan fingerprint density at radius 1 is 1.04 bits per heavy atom. The minimum atomic E-state index is 0.0749. The molecule has 2 aromatic rings. The Hall–Kier alpha value is -2.09. The minimum absolute atomic E-state index is 0.0749. The Balaban J connectivity index is 1.52. The van der Waals surface area contributed by atoms with Crippen molar-refractivity contribution in [1.29, 1.82) is 0 Å². The molecule has 0 bridgehead atoms. The number of aryl methyl sites for hydroxylation is 4. The molecule has 3 rings (SSSR count). The second-order valence-corrected chi connectivity index (χ2v) is 6.84. The van der Waals surface area contributed by atoms with Crippen molar-refractivity contribution in [3.8, 4) is 0 Å². The van der Waals surface area contributed by atoms with Gasteiger partial charge in [-0.3, -0.25) is 4.79 Å². The average molecular weight is 321 g/mol. The van der Waals surface area contributed by atoms with Gasteiger partial charge in [-0.15, -0.1) is 0 Å². The summed E-state index contributed by atoms with van der Waals surface area (Å²) in [4.78, 5) is 12.2. The maximum atomic E-state index is 12.2. The maximum Gasteiger partial charge on any atom is 0.220 e. The van der Waals surface area contributed by atoms with E-state index in [9.17, 15) is 4.79 Å². The highest BCUT2D eigenvalue weighted by Crippen LogP contribution is 2.25. The van der Waals surface area contributed by atoms with E-state index in [2.05, 4.69) is 61.6 Å². The van der Waals surface area contributed by atoms with Crippen molar-refractivity contribution in [2.45, 2.75) is 58.4 Å². The largest absolute Gasteiger partial charge is 0.350 e. The minimum Gasteiger partial charge on any atom is -0.350 e. The van der Waals surface area contributed by atoms with Crippen molar-refractivity contribution < 1.29 is 4.79 Å². The van der Waals surface area contributed by atoms with Crippen molar-refractivity contribution in [1.82, 2.24) is 5.32 Å². The van der Waals surface area contributed by atoms with E-state index in [1.807, 2.05) is 0 Å². The number of benzene rings is 2. The molecule has 0 fully saturated rings. The van der Waals surface area contributed by atoms with Crippen molar-refractivity contribution >= 4 is 5.91 Å². The summed E-state index contributed by atoms with van der Waals surface area (Å²) in [6.07, 6.45) is 6.04. The van der Waals surface area contributed by atoms with E-state index in [4.69, 9.17) is 0 Å². The Morgan fingerprint density at radius 2 is 1.75 bits per heavy atom. The first-order valence-corrected chi connectivity index (χ1v) is 9.14. The number of nitrogens with one attached hydrogen (secondary N) is 1. The highest BCUT2D eigenvalue weighted by molar-refractivity contribution is 5.76. The standard InChI is InChI=1S/C22H27NO/c1-3-17-7-9-18(10-8-17)11-14-22(24)23-16(2)20-13-12-19-5-4-6-21(19)15-20/h7-10,12-13,15-16H,3-6,11,14H2,1-2H3,(H,23,24)/t16-/m0/s1. The molecule has 0 radical (unpaired) electrons. The van der Waals surface area contributed by atoms with Crippen molar-refractivity contribution in [3.63, 3.8) is 0 Å². The molecule has 1 N–H and O–H groups in total. The topological polar surface area (TPSA) is 29.1 Å². The first kappa shape index (κ1) is 16.8. The third-order valence-electron chi connectivity index (χ3n) is 5.07. The third kappa shape index (κ3) is 4.05. The normalized spacial score (nSPS) is 14.2. The molecule has 0 heterocycles. The van der Waals surface area contributed by atoms with E-state index in [1.165, 1.54) is 47.1 Å². The molecule has 0 aromatic heterocycles. The second kappa shape index (κ2) is 7.65. The summed E-state index contributed by atoms with van der Waals surface area (Å²) in [6.45, 7) is 4.23. The van der Waals surface area contributed by atoms with Crippen LogP contribution in [0.25, 0.3) is 0 Å². The molecule has 126 valence electrons. The Kier molecular flexibility index (Phi) is 5.34. The van der Waals surface area contributed by atoms with Crippen LogP contribution in [0.5, 0.6) is 0 Å². The molecule has 2 heteroatoms. The fraction of sp³-hybridized carbons (Fsp3) is 0.409. The molecule has 1 amide bonds. The van der Waals surface area contributed by atoms with Gasteiger partial charge in [-0.2, -0.15) is 0 Å². The molecule has 1 aliphatic carbocycles. The van der Waals surface area contributed by atoms with Gasteiger partial charge in [-0.25, -0.2) is 0 Å². The van der Waals surface area contributed by atoms with Crippen LogP contribution in [0.15, 0.2) is 42.5 Å². The maximum absolute atomic E-state index is 12.2. The summed E-state index contributed by atoms with van der Waals surface area (Å²) in [5.74, 6) is 0.127. The van der Waals surface area contributed by atoms with Crippen molar-refractivity contribution in [2.75, 3.05) is 0 Å². The fourth-order valence-electron chi connectivity index (χ4n) is 3.46. The number of carbonyl (C=O) groups excluding carboxylic acids is 1. The van der Waals surface area contributed by atoms with E-state index >= 15 is 0 Å². The van der Waals surface area contributed by atoms with Crippen LogP contribution in [0.3, 0.4) is 0 Å². The van der Waals surface area contributed by atoms with Crippen molar-refractivity contribution in [3.05, 3.63) is 70.3 Å². The number of rotatable bonds is 6. The molecule has 0 saturated carbocycles. The lowest BCUT2D eigenvalue weighted by molar-refractivity contribution is -0.121.